The Kier molecular flexibility index (Phi) is 5.73. The van der Waals surface area contributed by atoms with E-state index in [1.807, 2.05) is 6.07 Å². The lowest BCUT2D eigenvalue weighted by Crippen LogP contribution is -2.29. The van der Waals surface area contributed by atoms with Gasteiger partial charge >= 0.3 is 0 Å². The number of amides is 1. The van der Waals surface area contributed by atoms with E-state index < -0.39 is 32.3 Å². The summed E-state index contributed by atoms with van der Waals surface area (Å²) in [6, 6.07) is 4.67. The van der Waals surface area contributed by atoms with E-state index in [4.69, 9.17) is 20.7 Å². The van der Waals surface area contributed by atoms with E-state index in [1.165, 1.54) is 0 Å². The van der Waals surface area contributed by atoms with Crippen molar-refractivity contribution in [2.24, 2.45) is 0 Å². The van der Waals surface area contributed by atoms with Gasteiger partial charge in [0.1, 0.15) is 0 Å². The van der Waals surface area contributed by atoms with Crippen molar-refractivity contribution in [2.75, 3.05) is 13.2 Å². The van der Waals surface area contributed by atoms with Crippen LogP contribution in [0, 0.1) is 17.1 Å². The van der Waals surface area contributed by atoms with E-state index in [2.05, 4.69) is 5.32 Å². The van der Waals surface area contributed by atoms with Gasteiger partial charge in [-0.05, 0) is 18.2 Å². The Morgan fingerprint density at radius 2 is 2.20 bits per heavy atom. The Morgan fingerprint density at radius 3 is 2.75 bits per heavy atom. The molecule has 0 aliphatic rings. The first kappa shape index (κ1) is 16.2. The van der Waals surface area contributed by atoms with Crippen LogP contribution in [0.3, 0.4) is 0 Å². The Hall–Kier alpha value is -1.85. The average Bonchev–Trinajstić information content (AvgIpc) is 2.36. The zero-order valence-corrected chi connectivity index (χ0v) is 11.7. The number of halogens is 2. The highest BCUT2D eigenvalue weighted by Crippen LogP contribution is 2.23. The molecule has 1 aromatic carbocycles. The van der Waals surface area contributed by atoms with Crippen molar-refractivity contribution in [2.45, 2.75) is 11.3 Å². The first-order chi connectivity index (χ1) is 9.34. The predicted molar refractivity (Wildman–Crippen MR) is 68.2 cm³/mol. The quantitative estimate of drug-likeness (QED) is 0.626. The van der Waals surface area contributed by atoms with E-state index in [9.17, 15) is 17.6 Å². The SMILES string of the molecule is N#CCCNC(=O)COc1ccc(S(=O)(=O)Cl)cc1F. The molecule has 0 saturated heterocycles. The van der Waals surface area contributed by atoms with Crippen LogP contribution in [0.15, 0.2) is 23.1 Å². The third-order valence-electron chi connectivity index (χ3n) is 2.10. The van der Waals surface area contributed by atoms with Gasteiger partial charge in [-0.1, -0.05) is 0 Å². The maximum absolute atomic E-state index is 13.5. The van der Waals surface area contributed by atoms with E-state index >= 15 is 0 Å². The fourth-order valence-corrected chi connectivity index (χ4v) is 1.97. The molecule has 6 nitrogen and oxygen atoms in total. The van der Waals surface area contributed by atoms with Crippen molar-refractivity contribution in [1.29, 1.82) is 5.26 Å². The Labute approximate surface area is 119 Å². The van der Waals surface area contributed by atoms with Gasteiger partial charge in [-0.2, -0.15) is 5.26 Å². The minimum absolute atomic E-state index is 0.155. The summed E-state index contributed by atoms with van der Waals surface area (Å²) in [5.74, 6) is -1.74. The number of benzene rings is 1. The molecule has 0 aliphatic heterocycles. The topological polar surface area (TPSA) is 96.3 Å². The van der Waals surface area contributed by atoms with Crippen molar-refractivity contribution in [3.63, 3.8) is 0 Å². The van der Waals surface area contributed by atoms with Crippen LogP contribution >= 0.6 is 10.7 Å². The number of carbonyl (C=O) groups excluding carboxylic acids is 1. The second-order valence-corrected chi connectivity index (χ2v) is 6.14. The van der Waals surface area contributed by atoms with Gasteiger partial charge in [0.15, 0.2) is 18.2 Å². The van der Waals surface area contributed by atoms with Gasteiger partial charge in [-0.25, -0.2) is 12.8 Å². The predicted octanol–water partition coefficient (Wildman–Crippen LogP) is 1.16. The maximum Gasteiger partial charge on any atom is 0.261 e. The Balaban J connectivity index is 2.62. The zero-order valence-electron chi connectivity index (χ0n) is 10.1. The number of hydrogen-bond acceptors (Lipinski definition) is 5. The number of ether oxygens (including phenoxy) is 1. The molecule has 1 amide bonds. The molecule has 0 heterocycles. The standard InChI is InChI=1S/C11H10ClFN2O4S/c12-20(17,18)8-2-3-10(9(13)6-8)19-7-11(16)15-5-1-4-14/h2-3,6H,1,5,7H2,(H,15,16). The number of carbonyl (C=O) groups is 1. The van der Waals surface area contributed by atoms with Crippen LogP contribution in [-0.2, 0) is 13.8 Å². The summed E-state index contributed by atoms with van der Waals surface area (Å²) in [6.45, 7) is -0.278. The van der Waals surface area contributed by atoms with Crippen molar-refractivity contribution >= 4 is 25.6 Å². The van der Waals surface area contributed by atoms with Crippen molar-refractivity contribution < 1.29 is 22.3 Å². The number of nitrogens with one attached hydrogen (secondary N) is 1. The van der Waals surface area contributed by atoms with Crippen LogP contribution in [0.25, 0.3) is 0 Å². The highest BCUT2D eigenvalue weighted by atomic mass is 35.7. The van der Waals surface area contributed by atoms with Crippen LogP contribution in [-0.4, -0.2) is 27.5 Å². The number of rotatable bonds is 6. The highest BCUT2D eigenvalue weighted by molar-refractivity contribution is 8.13. The maximum atomic E-state index is 13.5. The molecule has 0 aromatic heterocycles. The van der Waals surface area contributed by atoms with Gasteiger partial charge < -0.3 is 10.1 Å². The molecule has 20 heavy (non-hydrogen) atoms. The molecule has 1 N–H and O–H groups in total. The summed E-state index contributed by atoms with van der Waals surface area (Å²) < 4.78 is 40.4. The van der Waals surface area contributed by atoms with Crippen molar-refractivity contribution in [3.8, 4) is 11.8 Å². The monoisotopic (exact) mass is 320 g/mol. The third kappa shape index (κ3) is 5.03. The summed E-state index contributed by atoms with van der Waals surface area (Å²) in [4.78, 5) is 10.8. The van der Waals surface area contributed by atoms with Crippen LogP contribution < -0.4 is 10.1 Å². The molecule has 0 fully saturated rings. The summed E-state index contributed by atoms with van der Waals surface area (Å²) in [6.07, 6.45) is 0.155. The van der Waals surface area contributed by atoms with E-state index in [0.717, 1.165) is 12.1 Å². The van der Waals surface area contributed by atoms with Gasteiger partial charge in [0.2, 0.25) is 0 Å². The average molecular weight is 321 g/mol. The van der Waals surface area contributed by atoms with Gasteiger partial charge in [0.25, 0.3) is 15.0 Å². The summed E-state index contributed by atoms with van der Waals surface area (Å²) in [5, 5.41) is 10.7. The van der Waals surface area contributed by atoms with Gasteiger partial charge in [0.05, 0.1) is 17.4 Å². The fourth-order valence-electron chi connectivity index (χ4n) is 1.20. The second kappa shape index (κ2) is 7.07. The number of nitrogens with zero attached hydrogens (tertiary/aromatic N) is 1. The van der Waals surface area contributed by atoms with Crippen molar-refractivity contribution in [1.82, 2.24) is 5.32 Å². The Bertz CT molecular complexity index is 642. The summed E-state index contributed by atoms with van der Waals surface area (Å²) in [5.41, 5.74) is 0. The normalized spacial score (nSPS) is 10.7. The molecule has 0 spiro atoms. The lowest BCUT2D eigenvalue weighted by molar-refractivity contribution is -0.123. The lowest BCUT2D eigenvalue weighted by Gasteiger charge is -2.08. The van der Waals surface area contributed by atoms with E-state index in [1.54, 1.807) is 0 Å². The molecule has 108 valence electrons. The van der Waals surface area contributed by atoms with E-state index in [-0.39, 0.29) is 18.7 Å². The molecule has 0 radical (unpaired) electrons. The number of hydrogen-bond donors (Lipinski definition) is 1. The first-order valence-electron chi connectivity index (χ1n) is 5.35. The molecule has 9 heteroatoms. The molecular weight excluding hydrogens is 311 g/mol. The molecule has 0 saturated carbocycles. The minimum atomic E-state index is -4.02. The largest absolute Gasteiger partial charge is 0.481 e. The fraction of sp³-hybridized carbons (Fsp3) is 0.273. The van der Waals surface area contributed by atoms with Crippen molar-refractivity contribution in [3.05, 3.63) is 24.0 Å². The summed E-state index contributed by atoms with van der Waals surface area (Å²) in [7, 11) is 1.03. The van der Waals surface area contributed by atoms with E-state index in [0.29, 0.717) is 6.07 Å². The summed E-state index contributed by atoms with van der Waals surface area (Å²) >= 11 is 0. The number of nitriles is 1. The van der Waals surface area contributed by atoms with Gasteiger partial charge in [0, 0.05) is 17.2 Å². The van der Waals surface area contributed by atoms with Gasteiger partial charge in [-0.3, -0.25) is 4.79 Å². The molecule has 1 rings (SSSR count). The molecule has 0 unspecified atom stereocenters. The smallest absolute Gasteiger partial charge is 0.261 e. The lowest BCUT2D eigenvalue weighted by atomic mass is 10.3. The Morgan fingerprint density at radius 1 is 1.50 bits per heavy atom. The molecule has 1 aromatic rings. The third-order valence-corrected chi connectivity index (χ3v) is 3.45. The van der Waals surface area contributed by atoms with Crippen LogP contribution in [0.5, 0.6) is 5.75 Å². The van der Waals surface area contributed by atoms with Crippen LogP contribution in [0.2, 0.25) is 0 Å². The molecule has 0 bridgehead atoms. The first-order valence-corrected chi connectivity index (χ1v) is 7.66. The highest BCUT2D eigenvalue weighted by Gasteiger charge is 2.14. The van der Waals surface area contributed by atoms with Crippen LogP contribution in [0.1, 0.15) is 6.42 Å². The second-order valence-electron chi connectivity index (χ2n) is 3.58. The molecule has 0 aliphatic carbocycles. The zero-order chi connectivity index (χ0) is 15.2. The minimum Gasteiger partial charge on any atom is -0.481 e. The molecular formula is C11H10ClFN2O4S. The molecule has 0 atom stereocenters. The van der Waals surface area contributed by atoms with Crippen LogP contribution in [0.4, 0.5) is 4.39 Å². The van der Waals surface area contributed by atoms with Gasteiger partial charge in [-0.15, -0.1) is 0 Å².